The fraction of sp³-hybridized carbons (Fsp3) is 0.933. The molecule has 18 heavy (non-hydrogen) atoms. The Kier molecular flexibility index (Phi) is 5.04. The lowest BCUT2D eigenvalue weighted by Gasteiger charge is -2.32. The zero-order valence-electron chi connectivity index (χ0n) is 12.0. The van der Waals surface area contributed by atoms with Crippen molar-refractivity contribution in [3.63, 3.8) is 0 Å². The standard InChI is InChI=1S/C15H28N2O/c1-13(18)16(2)11-14-5-7-15(8-6-14)12-17-9-3-4-10-17/h14-15H,3-12H2,1-2H3/t14-,15-. The van der Waals surface area contributed by atoms with Gasteiger partial charge in [-0.25, -0.2) is 0 Å². The number of hydrogen-bond donors (Lipinski definition) is 0. The second kappa shape index (κ2) is 6.55. The molecule has 1 aliphatic heterocycles. The molecule has 104 valence electrons. The van der Waals surface area contributed by atoms with Gasteiger partial charge in [-0.3, -0.25) is 4.79 Å². The average molecular weight is 252 g/mol. The Morgan fingerprint density at radius 3 is 2.22 bits per heavy atom. The van der Waals surface area contributed by atoms with E-state index < -0.39 is 0 Å². The molecule has 0 bridgehead atoms. The van der Waals surface area contributed by atoms with Crippen LogP contribution in [0.3, 0.4) is 0 Å². The highest BCUT2D eigenvalue weighted by molar-refractivity contribution is 5.72. The van der Waals surface area contributed by atoms with Crippen LogP contribution in [0.1, 0.15) is 45.4 Å². The van der Waals surface area contributed by atoms with Gasteiger partial charge in [0.05, 0.1) is 0 Å². The molecule has 0 spiro atoms. The largest absolute Gasteiger partial charge is 0.346 e. The molecule has 1 saturated carbocycles. The summed E-state index contributed by atoms with van der Waals surface area (Å²) in [5, 5.41) is 0. The Hall–Kier alpha value is -0.570. The summed E-state index contributed by atoms with van der Waals surface area (Å²) in [5.74, 6) is 1.87. The maximum atomic E-state index is 11.2. The van der Waals surface area contributed by atoms with Crippen molar-refractivity contribution in [1.82, 2.24) is 9.80 Å². The van der Waals surface area contributed by atoms with E-state index in [0.29, 0.717) is 0 Å². The first-order chi connectivity index (χ1) is 8.65. The zero-order valence-corrected chi connectivity index (χ0v) is 12.0. The Bertz CT molecular complexity index is 266. The van der Waals surface area contributed by atoms with Gasteiger partial charge in [0.2, 0.25) is 5.91 Å². The van der Waals surface area contributed by atoms with Crippen molar-refractivity contribution in [3.05, 3.63) is 0 Å². The second-order valence-electron chi connectivity index (χ2n) is 6.29. The SMILES string of the molecule is CC(=O)N(C)C[C@H]1CC[C@H](CN2CCCC2)CC1. The predicted molar refractivity (Wildman–Crippen MR) is 74.4 cm³/mol. The summed E-state index contributed by atoms with van der Waals surface area (Å²) in [5.41, 5.74) is 0. The van der Waals surface area contributed by atoms with E-state index in [9.17, 15) is 4.79 Å². The van der Waals surface area contributed by atoms with Crippen molar-refractivity contribution in [3.8, 4) is 0 Å². The molecule has 1 aliphatic carbocycles. The van der Waals surface area contributed by atoms with Crippen molar-refractivity contribution in [2.24, 2.45) is 11.8 Å². The van der Waals surface area contributed by atoms with Gasteiger partial charge in [0.15, 0.2) is 0 Å². The number of hydrogen-bond acceptors (Lipinski definition) is 2. The Labute approximate surface area is 112 Å². The first kappa shape index (κ1) is 13.9. The molecule has 0 radical (unpaired) electrons. The van der Waals surface area contributed by atoms with Crippen LogP contribution in [0.25, 0.3) is 0 Å². The molecule has 2 aliphatic rings. The molecule has 0 N–H and O–H groups in total. The molecular formula is C15H28N2O. The molecule has 0 aromatic carbocycles. The number of carbonyl (C=O) groups is 1. The summed E-state index contributed by atoms with van der Waals surface area (Å²) in [7, 11) is 1.93. The van der Waals surface area contributed by atoms with Crippen LogP contribution in [-0.4, -0.2) is 48.9 Å². The van der Waals surface area contributed by atoms with Crippen LogP contribution in [-0.2, 0) is 4.79 Å². The number of amides is 1. The molecule has 0 aromatic heterocycles. The molecule has 1 amide bonds. The summed E-state index contributed by atoms with van der Waals surface area (Å²) in [6.07, 6.45) is 8.17. The highest BCUT2D eigenvalue weighted by Crippen LogP contribution is 2.30. The normalized spacial score (nSPS) is 29.4. The van der Waals surface area contributed by atoms with E-state index in [-0.39, 0.29) is 5.91 Å². The summed E-state index contributed by atoms with van der Waals surface area (Å²) >= 11 is 0. The van der Waals surface area contributed by atoms with Crippen molar-refractivity contribution < 1.29 is 4.79 Å². The van der Waals surface area contributed by atoms with Crippen molar-refractivity contribution >= 4 is 5.91 Å². The fourth-order valence-electron chi connectivity index (χ4n) is 3.44. The first-order valence-corrected chi connectivity index (χ1v) is 7.59. The molecular weight excluding hydrogens is 224 g/mol. The average Bonchev–Trinajstić information content (AvgIpc) is 2.84. The minimum Gasteiger partial charge on any atom is -0.346 e. The summed E-state index contributed by atoms with van der Waals surface area (Å²) in [4.78, 5) is 15.8. The van der Waals surface area contributed by atoms with Gasteiger partial charge in [-0.15, -0.1) is 0 Å². The van der Waals surface area contributed by atoms with Crippen LogP contribution < -0.4 is 0 Å². The maximum absolute atomic E-state index is 11.2. The van der Waals surface area contributed by atoms with Gasteiger partial charge in [-0.05, 0) is 63.5 Å². The molecule has 1 saturated heterocycles. The van der Waals surface area contributed by atoms with E-state index >= 15 is 0 Å². The molecule has 2 fully saturated rings. The van der Waals surface area contributed by atoms with Crippen molar-refractivity contribution in [2.45, 2.75) is 45.4 Å². The minimum absolute atomic E-state index is 0.203. The predicted octanol–water partition coefficient (Wildman–Crippen LogP) is 2.37. The van der Waals surface area contributed by atoms with Crippen LogP contribution in [0.5, 0.6) is 0 Å². The topological polar surface area (TPSA) is 23.6 Å². The quantitative estimate of drug-likeness (QED) is 0.767. The van der Waals surface area contributed by atoms with Gasteiger partial charge < -0.3 is 9.80 Å². The monoisotopic (exact) mass is 252 g/mol. The first-order valence-electron chi connectivity index (χ1n) is 7.59. The smallest absolute Gasteiger partial charge is 0.219 e. The van der Waals surface area contributed by atoms with Crippen LogP contribution in [0.2, 0.25) is 0 Å². The second-order valence-corrected chi connectivity index (χ2v) is 6.29. The third kappa shape index (κ3) is 3.98. The minimum atomic E-state index is 0.203. The van der Waals surface area contributed by atoms with Crippen LogP contribution in [0.15, 0.2) is 0 Å². The lowest BCUT2D eigenvalue weighted by molar-refractivity contribution is -0.128. The molecule has 1 heterocycles. The van der Waals surface area contributed by atoms with E-state index in [1.807, 2.05) is 11.9 Å². The highest BCUT2D eigenvalue weighted by atomic mass is 16.2. The lowest BCUT2D eigenvalue weighted by Crippen LogP contribution is -2.34. The van der Waals surface area contributed by atoms with E-state index in [1.165, 1.54) is 58.2 Å². The Morgan fingerprint density at radius 1 is 1.11 bits per heavy atom. The fourth-order valence-corrected chi connectivity index (χ4v) is 3.44. The third-order valence-electron chi connectivity index (χ3n) is 4.75. The number of carbonyl (C=O) groups excluding carboxylic acids is 1. The number of rotatable bonds is 4. The van der Waals surface area contributed by atoms with Crippen molar-refractivity contribution in [1.29, 1.82) is 0 Å². The molecule has 2 rings (SSSR count). The Balaban J connectivity index is 1.66. The van der Waals surface area contributed by atoms with Gasteiger partial charge >= 0.3 is 0 Å². The van der Waals surface area contributed by atoms with E-state index in [1.54, 1.807) is 6.92 Å². The number of likely N-dealkylation sites (tertiary alicyclic amines) is 1. The molecule has 3 heteroatoms. The van der Waals surface area contributed by atoms with Gasteiger partial charge in [0.25, 0.3) is 0 Å². The van der Waals surface area contributed by atoms with Crippen molar-refractivity contribution in [2.75, 3.05) is 33.2 Å². The van der Waals surface area contributed by atoms with Gasteiger partial charge in [-0.2, -0.15) is 0 Å². The van der Waals surface area contributed by atoms with E-state index in [0.717, 1.165) is 18.4 Å². The molecule has 3 nitrogen and oxygen atoms in total. The summed E-state index contributed by atoms with van der Waals surface area (Å²) < 4.78 is 0. The molecule has 0 atom stereocenters. The van der Waals surface area contributed by atoms with Crippen LogP contribution in [0, 0.1) is 11.8 Å². The van der Waals surface area contributed by atoms with Gasteiger partial charge in [0, 0.05) is 27.1 Å². The van der Waals surface area contributed by atoms with E-state index in [2.05, 4.69) is 4.90 Å². The number of nitrogens with zero attached hydrogens (tertiary/aromatic N) is 2. The van der Waals surface area contributed by atoms with Crippen LogP contribution >= 0.6 is 0 Å². The van der Waals surface area contributed by atoms with Crippen LogP contribution in [0.4, 0.5) is 0 Å². The zero-order chi connectivity index (χ0) is 13.0. The lowest BCUT2D eigenvalue weighted by atomic mass is 9.81. The van der Waals surface area contributed by atoms with Gasteiger partial charge in [-0.1, -0.05) is 0 Å². The molecule has 0 aromatic rings. The van der Waals surface area contributed by atoms with Gasteiger partial charge in [0.1, 0.15) is 0 Å². The highest BCUT2D eigenvalue weighted by Gasteiger charge is 2.25. The summed E-state index contributed by atoms with van der Waals surface area (Å²) in [6.45, 7) is 6.61. The third-order valence-corrected chi connectivity index (χ3v) is 4.75. The van der Waals surface area contributed by atoms with E-state index in [4.69, 9.17) is 0 Å². The molecule has 0 unspecified atom stereocenters. The maximum Gasteiger partial charge on any atom is 0.219 e. The summed E-state index contributed by atoms with van der Waals surface area (Å²) in [6, 6.07) is 0. The Morgan fingerprint density at radius 2 is 1.67 bits per heavy atom.